The number of ether oxygens (including phenoxy) is 1. The Morgan fingerprint density at radius 3 is 2.79 bits per heavy atom. The van der Waals surface area contributed by atoms with Gasteiger partial charge in [-0.25, -0.2) is 15.8 Å². The van der Waals surface area contributed by atoms with E-state index >= 15 is 0 Å². The van der Waals surface area contributed by atoms with Gasteiger partial charge in [0.15, 0.2) is 0 Å². The molecule has 1 saturated heterocycles. The third-order valence-electron chi connectivity index (χ3n) is 3.95. The summed E-state index contributed by atoms with van der Waals surface area (Å²) in [5.74, 6) is 6.76. The Kier molecular flexibility index (Phi) is 4.55. The molecule has 1 aliphatic rings. The van der Waals surface area contributed by atoms with E-state index in [0.29, 0.717) is 11.9 Å². The molecule has 1 unspecified atom stereocenters. The van der Waals surface area contributed by atoms with E-state index in [0.717, 1.165) is 38.1 Å². The number of aromatic nitrogens is 2. The minimum Gasteiger partial charge on any atom is -0.375 e. The first-order valence-electron chi connectivity index (χ1n) is 6.90. The molecule has 0 saturated carbocycles. The Morgan fingerprint density at radius 2 is 2.11 bits per heavy atom. The zero-order chi connectivity index (χ0) is 13.7. The highest BCUT2D eigenvalue weighted by Crippen LogP contribution is 2.32. The highest BCUT2D eigenvalue weighted by molar-refractivity contribution is 5.46. The second kappa shape index (κ2) is 6.16. The second-order valence-electron chi connectivity index (χ2n) is 5.01. The molecule has 19 heavy (non-hydrogen) atoms. The Labute approximate surface area is 114 Å². The monoisotopic (exact) mass is 265 g/mol. The molecule has 1 aliphatic heterocycles. The molecule has 1 aromatic heterocycles. The molecule has 4 N–H and O–H groups in total. The molecule has 106 valence electrons. The Morgan fingerprint density at radius 1 is 1.37 bits per heavy atom. The first-order valence-corrected chi connectivity index (χ1v) is 6.90. The zero-order valence-corrected chi connectivity index (χ0v) is 11.6. The summed E-state index contributed by atoms with van der Waals surface area (Å²) in [6, 6.07) is 2.20. The number of hydrazine groups is 1. The van der Waals surface area contributed by atoms with Gasteiger partial charge in [-0.05, 0) is 25.7 Å². The van der Waals surface area contributed by atoms with Crippen molar-refractivity contribution in [3.63, 3.8) is 0 Å². The van der Waals surface area contributed by atoms with Crippen LogP contribution in [0.25, 0.3) is 0 Å². The summed E-state index contributed by atoms with van der Waals surface area (Å²) in [5, 5.41) is 3.45. The van der Waals surface area contributed by atoms with E-state index in [1.54, 1.807) is 0 Å². The van der Waals surface area contributed by atoms with Crippen LogP contribution >= 0.6 is 0 Å². The molecular weight excluding hydrogens is 242 g/mol. The second-order valence-corrected chi connectivity index (χ2v) is 5.01. The summed E-state index contributed by atoms with van der Waals surface area (Å²) in [5.41, 5.74) is 2.54. The third-order valence-corrected chi connectivity index (χ3v) is 3.95. The number of hydrogen-bond acceptors (Lipinski definition) is 6. The normalized spacial score (nSPS) is 21.9. The molecule has 0 amide bonds. The molecule has 0 radical (unpaired) electrons. The molecular formula is C13H23N5O. The lowest BCUT2D eigenvalue weighted by Crippen LogP contribution is -2.43. The van der Waals surface area contributed by atoms with Gasteiger partial charge >= 0.3 is 0 Å². The van der Waals surface area contributed by atoms with Crippen molar-refractivity contribution in [1.29, 1.82) is 0 Å². The van der Waals surface area contributed by atoms with Crippen LogP contribution in [0.4, 0.5) is 11.6 Å². The number of rotatable bonds is 5. The molecule has 2 heterocycles. The summed E-state index contributed by atoms with van der Waals surface area (Å²) in [6.45, 7) is 5.17. The van der Waals surface area contributed by atoms with Gasteiger partial charge in [0.25, 0.3) is 0 Å². The van der Waals surface area contributed by atoms with Crippen LogP contribution < -0.4 is 16.6 Å². The maximum Gasteiger partial charge on any atom is 0.145 e. The molecule has 0 aromatic carbocycles. The van der Waals surface area contributed by atoms with Crippen molar-refractivity contribution in [1.82, 2.24) is 9.97 Å². The van der Waals surface area contributed by atoms with Crippen molar-refractivity contribution in [3.05, 3.63) is 12.4 Å². The first-order chi connectivity index (χ1) is 9.21. The van der Waals surface area contributed by atoms with Crippen molar-refractivity contribution in [2.24, 2.45) is 5.84 Å². The summed E-state index contributed by atoms with van der Waals surface area (Å²) < 4.78 is 5.97. The fourth-order valence-electron chi connectivity index (χ4n) is 2.62. The average molecular weight is 265 g/mol. The predicted molar refractivity (Wildman–Crippen MR) is 75.8 cm³/mol. The Balaban J connectivity index is 2.02. The third kappa shape index (κ3) is 3.33. The molecule has 1 aromatic rings. The smallest absolute Gasteiger partial charge is 0.145 e. The Hall–Kier alpha value is -1.40. The van der Waals surface area contributed by atoms with E-state index in [1.807, 2.05) is 6.07 Å². The summed E-state index contributed by atoms with van der Waals surface area (Å²) >= 11 is 0. The molecule has 6 heteroatoms. The van der Waals surface area contributed by atoms with E-state index in [-0.39, 0.29) is 5.60 Å². The number of nitrogens with zero attached hydrogens (tertiary/aromatic N) is 2. The van der Waals surface area contributed by atoms with Crippen molar-refractivity contribution in [3.8, 4) is 0 Å². The van der Waals surface area contributed by atoms with Gasteiger partial charge in [0.05, 0.1) is 5.60 Å². The van der Waals surface area contributed by atoms with Gasteiger partial charge in [0, 0.05) is 18.7 Å². The van der Waals surface area contributed by atoms with Gasteiger partial charge in [-0.1, -0.05) is 13.8 Å². The lowest BCUT2D eigenvalue weighted by atomic mass is 9.86. The number of hydrogen-bond donors (Lipinski definition) is 3. The van der Waals surface area contributed by atoms with Gasteiger partial charge in [0.2, 0.25) is 0 Å². The maximum absolute atomic E-state index is 5.97. The molecule has 2 rings (SSSR count). The van der Waals surface area contributed by atoms with Crippen molar-refractivity contribution >= 4 is 11.6 Å². The molecule has 1 fully saturated rings. The van der Waals surface area contributed by atoms with E-state index in [9.17, 15) is 0 Å². The van der Waals surface area contributed by atoms with Gasteiger partial charge in [-0.2, -0.15) is 0 Å². The van der Waals surface area contributed by atoms with Crippen LogP contribution in [0.5, 0.6) is 0 Å². The average Bonchev–Trinajstić information content (AvgIpc) is 2.47. The van der Waals surface area contributed by atoms with E-state index in [1.165, 1.54) is 6.33 Å². The van der Waals surface area contributed by atoms with Crippen molar-refractivity contribution < 1.29 is 4.74 Å². The minimum atomic E-state index is 0.0118. The molecule has 0 spiro atoms. The molecule has 1 atom stereocenters. The largest absolute Gasteiger partial charge is 0.375 e. The fourth-order valence-corrected chi connectivity index (χ4v) is 2.62. The van der Waals surface area contributed by atoms with Gasteiger partial charge < -0.3 is 15.5 Å². The lowest BCUT2D eigenvalue weighted by molar-refractivity contribution is -0.0864. The van der Waals surface area contributed by atoms with Crippen LogP contribution in [0.1, 0.15) is 39.5 Å². The maximum atomic E-state index is 5.97. The molecule has 0 aliphatic carbocycles. The standard InChI is InChI=1S/C13H23N5O/c1-3-13(4-2)8-10(5-6-19-13)17-11-7-12(18-14)16-9-15-11/h7,9-10H,3-6,8,14H2,1-2H3,(H2,15,16,17,18). The highest BCUT2D eigenvalue weighted by Gasteiger charge is 2.34. The first kappa shape index (κ1) is 14.0. The summed E-state index contributed by atoms with van der Waals surface area (Å²) in [7, 11) is 0. The summed E-state index contributed by atoms with van der Waals surface area (Å²) in [6.07, 6.45) is 5.60. The van der Waals surface area contributed by atoms with E-state index in [4.69, 9.17) is 10.6 Å². The van der Waals surface area contributed by atoms with Crippen LogP contribution in [-0.2, 0) is 4.74 Å². The Bertz CT molecular complexity index is 408. The quantitative estimate of drug-likeness (QED) is 0.557. The molecule has 0 bridgehead atoms. The SMILES string of the molecule is CCC1(CC)CC(Nc2cc(NN)ncn2)CCO1. The van der Waals surface area contributed by atoms with Crippen molar-refractivity contribution in [2.75, 3.05) is 17.3 Å². The van der Waals surface area contributed by atoms with Gasteiger partial charge in [0.1, 0.15) is 18.0 Å². The van der Waals surface area contributed by atoms with Crippen LogP contribution in [0.3, 0.4) is 0 Å². The van der Waals surface area contributed by atoms with Gasteiger partial charge in [-0.3, -0.25) is 0 Å². The van der Waals surface area contributed by atoms with Crippen LogP contribution in [0.15, 0.2) is 12.4 Å². The number of nitrogens with one attached hydrogen (secondary N) is 2. The van der Waals surface area contributed by atoms with Gasteiger partial charge in [-0.15, -0.1) is 0 Å². The number of nitrogen functional groups attached to an aromatic ring is 1. The number of anilines is 2. The van der Waals surface area contributed by atoms with Crippen LogP contribution in [0, 0.1) is 0 Å². The van der Waals surface area contributed by atoms with Crippen LogP contribution in [-0.4, -0.2) is 28.2 Å². The van der Waals surface area contributed by atoms with E-state index in [2.05, 4.69) is 34.6 Å². The minimum absolute atomic E-state index is 0.0118. The van der Waals surface area contributed by atoms with Crippen molar-refractivity contribution in [2.45, 2.75) is 51.2 Å². The topological polar surface area (TPSA) is 85.1 Å². The fraction of sp³-hybridized carbons (Fsp3) is 0.692. The predicted octanol–water partition coefficient (Wildman–Crippen LogP) is 1.91. The molecule has 6 nitrogen and oxygen atoms in total. The van der Waals surface area contributed by atoms with Crippen LogP contribution in [0.2, 0.25) is 0 Å². The number of nitrogens with two attached hydrogens (primary N) is 1. The zero-order valence-electron chi connectivity index (χ0n) is 11.6. The highest BCUT2D eigenvalue weighted by atomic mass is 16.5. The lowest BCUT2D eigenvalue weighted by Gasteiger charge is -2.40. The summed E-state index contributed by atoms with van der Waals surface area (Å²) in [4.78, 5) is 8.22. The van der Waals surface area contributed by atoms with E-state index < -0.39 is 0 Å².